The highest BCUT2D eigenvalue weighted by atomic mass is 16.5. The molecule has 0 aliphatic carbocycles. The second-order valence-electron chi connectivity index (χ2n) is 5.86. The van der Waals surface area contributed by atoms with Gasteiger partial charge in [0.1, 0.15) is 0 Å². The van der Waals surface area contributed by atoms with Crippen LogP contribution in [0.5, 0.6) is 0 Å². The molecule has 1 N–H and O–H groups in total. The third kappa shape index (κ3) is 4.50. The van der Waals surface area contributed by atoms with Gasteiger partial charge in [-0.2, -0.15) is 0 Å². The van der Waals surface area contributed by atoms with Crippen molar-refractivity contribution in [2.75, 3.05) is 52.9 Å². The molecule has 2 atom stereocenters. The summed E-state index contributed by atoms with van der Waals surface area (Å²) < 4.78 is 5.76. The molecule has 106 valence electrons. The maximum Gasteiger partial charge on any atom is 0.0826 e. The Morgan fingerprint density at radius 2 is 2.00 bits per heavy atom. The van der Waals surface area contributed by atoms with Crippen molar-refractivity contribution in [3.8, 4) is 0 Å². The summed E-state index contributed by atoms with van der Waals surface area (Å²) in [6.07, 6.45) is 4.54. The Kier molecular flexibility index (Phi) is 5.89. The number of nitrogens with one attached hydrogen (secondary N) is 1. The normalized spacial score (nSPS) is 29.3. The standard InChI is InChI=1S/C14H29N3O/c1-13(17-6-4-3-5-7-17)10-15-11-14-12-16(2)8-9-18-14/h13-15H,3-12H2,1-2H3. The van der Waals surface area contributed by atoms with E-state index in [1.165, 1.54) is 32.4 Å². The van der Waals surface area contributed by atoms with Crippen molar-refractivity contribution in [3.05, 3.63) is 0 Å². The van der Waals surface area contributed by atoms with Crippen LogP contribution in [0.3, 0.4) is 0 Å². The zero-order valence-corrected chi connectivity index (χ0v) is 12.0. The van der Waals surface area contributed by atoms with E-state index in [-0.39, 0.29) is 0 Å². The van der Waals surface area contributed by atoms with Gasteiger partial charge in [-0.3, -0.25) is 4.90 Å². The fourth-order valence-electron chi connectivity index (χ4n) is 2.93. The molecule has 0 aromatic carbocycles. The number of likely N-dealkylation sites (tertiary alicyclic amines) is 1. The summed E-state index contributed by atoms with van der Waals surface area (Å²) in [4.78, 5) is 4.97. The van der Waals surface area contributed by atoms with Gasteiger partial charge >= 0.3 is 0 Å². The molecule has 2 aliphatic heterocycles. The number of hydrogen-bond acceptors (Lipinski definition) is 4. The molecule has 0 amide bonds. The van der Waals surface area contributed by atoms with E-state index >= 15 is 0 Å². The minimum atomic E-state index is 0.373. The maximum atomic E-state index is 5.76. The van der Waals surface area contributed by atoms with Crippen LogP contribution in [-0.2, 0) is 4.74 Å². The molecule has 0 aromatic heterocycles. The SMILES string of the molecule is CC(CNCC1CN(C)CCO1)N1CCCCC1. The predicted octanol–water partition coefficient (Wildman–Crippen LogP) is 0.781. The van der Waals surface area contributed by atoms with Crippen LogP contribution in [-0.4, -0.2) is 74.9 Å². The average Bonchev–Trinajstić information content (AvgIpc) is 2.40. The molecule has 0 aromatic rings. The summed E-state index contributed by atoms with van der Waals surface area (Å²) in [5, 5.41) is 3.58. The first-order valence-corrected chi connectivity index (χ1v) is 7.50. The second-order valence-corrected chi connectivity index (χ2v) is 5.86. The largest absolute Gasteiger partial charge is 0.374 e. The summed E-state index contributed by atoms with van der Waals surface area (Å²) in [6.45, 7) is 9.99. The van der Waals surface area contributed by atoms with Gasteiger partial charge in [0.05, 0.1) is 12.7 Å². The third-order valence-electron chi connectivity index (χ3n) is 4.17. The van der Waals surface area contributed by atoms with E-state index in [0.29, 0.717) is 12.1 Å². The van der Waals surface area contributed by atoms with Crippen LogP contribution in [0.1, 0.15) is 26.2 Å². The van der Waals surface area contributed by atoms with E-state index in [2.05, 4.69) is 29.1 Å². The first-order valence-electron chi connectivity index (χ1n) is 7.50. The van der Waals surface area contributed by atoms with E-state index in [0.717, 1.165) is 32.8 Å². The highest BCUT2D eigenvalue weighted by molar-refractivity contribution is 4.76. The number of piperidine rings is 1. The lowest BCUT2D eigenvalue weighted by molar-refractivity contribution is -0.0186. The van der Waals surface area contributed by atoms with E-state index < -0.39 is 0 Å². The highest BCUT2D eigenvalue weighted by Gasteiger charge is 2.19. The molecule has 4 nitrogen and oxygen atoms in total. The molecule has 2 unspecified atom stereocenters. The van der Waals surface area contributed by atoms with Crippen molar-refractivity contribution < 1.29 is 4.74 Å². The van der Waals surface area contributed by atoms with Crippen LogP contribution < -0.4 is 5.32 Å². The Morgan fingerprint density at radius 1 is 1.22 bits per heavy atom. The van der Waals surface area contributed by atoms with Crippen LogP contribution in [0.2, 0.25) is 0 Å². The van der Waals surface area contributed by atoms with Crippen LogP contribution in [0.25, 0.3) is 0 Å². The van der Waals surface area contributed by atoms with Gasteiger partial charge in [-0.05, 0) is 39.9 Å². The van der Waals surface area contributed by atoms with Crippen molar-refractivity contribution in [1.29, 1.82) is 0 Å². The summed E-state index contributed by atoms with van der Waals surface area (Å²) in [7, 11) is 2.17. The summed E-state index contributed by atoms with van der Waals surface area (Å²) in [6, 6.07) is 0.659. The average molecular weight is 255 g/mol. The zero-order chi connectivity index (χ0) is 12.8. The van der Waals surface area contributed by atoms with Gasteiger partial charge in [0, 0.05) is 32.2 Å². The van der Waals surface area contributed by atoms with E-state index in [1.807, 2.05) is 0 Å². The van der Waals surface area contributed by atoms with E-state index in [1.54, 1.807) is 0 Å². The fourth-order valence-corrected chi connectivity index (χ4v) is 2.93. The zero-order valence-electron chi connectivity index (χ0n) is 12.0. The topological polar surface area (TPSA) is 27.7 Å². The summed E-state index contributed by atoms with van der Waals surface area (Å²) in [5.74, 6) is 0. The Bertz CT molecular complexity index is 231. The lowest BCUT2D eigenvalue weighted by Gasteiger charge is -2.34. The Hall–Kier alpha value is -0.160. The van der Waals surface area contributed by atoms with E-state index in [4.69, 9.17) is 4.74 Å². The molecule has 18 heavy (non-hydrogen) atoms. The number of ether oxygens (including phenoxy) is 1. The number of likely N-dealkylation sites (N-methyl/N-ethyl adjacent to an activating group) is 1. The van der Waals surface area contributed by atoms with Crippen molar-refractivity contribution in [2.24, 2.45) is 0 Å². The molecule has 0 spiro atoms. The Morgan fingerprint density at radius 3 is 2.72 bits per heavy atom. The molecule has 4 heteroatoms. The first kappa shape index (κ1) is 14.3. The monoisotopic (exact) mass is 255 g/mol. The summed E-state index contributed by atoms with van der Waals surface area (Å²) in [5.41, 5.74) is 0. The van der Waals surface area contributed by atoms with Crippen LogP contribution >= 0.6 is 0 Å². The number of hydrogen-bond donors (Lipinski definition) is 1. The lowest BCUT2D eigenvalue weighted by atomic mass is 10.1. The fraction of sp³-hybridized carbons (Fsp3) is 1.00. The minimum absolute atomic E-state index is 0.373. The number of nitrogens with zero attached hydrogens (tertiary/aromatic N) is 2. The Balaban J connectivity index is 1.59. The maximum absolute atomic E-state index is 5.76. The highest BCUT2D eigenvalue weighted by Crippen LogP contribution is 2.11. The van der Waals surface area contributed by atoms with Gasteiger partial charge in [-0.15, -0.1) is 0 Å². The molecular weight excluding hydrogens is 226 g/mol. The molecular formula is C14H29N3O. The predicted molar refractivity (Wildman–Crippen MR) is 75.0 cm³/mol. The van der Waals surface area contributed by atoms with Crippen molar-refractivity contribution in [1.82, 2.24) is 15.1 Å². The van der Waals surface area contributed by atoms with Gasteiger partial charge in [0.25, 0.3) is 0 Å². The molecule has 0 radical (unpaired) electrons. The van der Waals surface area contributed by atoms with E-state index in [9.17, 15) is 0 Å². The molecule has 2 rings (SSSR count). The van der Waals surface area contributed by atoms with Crippen LogP contribution in [0.15, 0.2) is 0 Å². The van der Waals surface area contributed by atoms with Gasteiger partial charge in [0.2, 0.25) is 0 Å². The number of morpholine rings is 1. The third-order valence-corrected chi connectivity index (χ3v) is 4.17. The number of rotatable bonds is 5. The second kappa shape index (κ2) is 7.43. The molecule has 2 saturated heterocycles. The quantitative estimate of drug-likeness (QED) is 0.786. The molecule has 0 bridgehead atoms. The van der Waals surface area contributed by atoms with Gasteiger partial charge < -0.3 is 15.0 Å². The van der Waals surface area contributed by atoms with Crippen LogP contribution in [0, 0.1) is 0 Å². The van der Waals surface area contributed by atoms with Crippen molar-refractivity contribution >= 4 is 0 Å². The molecule has 2 fully saturated rings. The molecule has 0 saturated carbocycles. The van der Waals surface area contributed by atoms with Crippen LogP contribution in [0.4, 0.5) is 0 Å². The van der Waals surface area contributed by atoms with Gasteiger partial charge in [0.15, 0.2) is 0 Å². The smallest absolute Gasteiger partial charge is 0.0826 e. The van der Waals surface area contributed by atoms with Crippen molar-refractivity contribution in [3.63, 3.8) is 0 Å². The van der Waals surface area contributed by atoms with Gasteiger partial charge in [-0.25, -0.2) is 0 Å². The van der Waals surface area contributed by atoms with Gasteiger partial charge in [-0.1, -0.05) is 6.42 Å². The minimum Gasteiger partial charge on any atom is -0.374 e. The lowest BCUT2D eigenvalue weighted by Crippen LogP contribution is -2.48. The summed E-state index contributed by atoms with van der Waals surface area (Å²) >= 11 is 0. The Labute approximate surface area is 112 Å². The molecule has 2 aliphatic rings. The molecule has 2 heterocycles. The first-order chi connectivity index (χ1) is 8.75. The van der Waals surface area contributed by atoms with Crippen molar-refractivity contribution in [2.45, 2.75) is 38.3 Å².